The zero-order chi connectivity index (χ0) is 17.8. The summed E-state index contributed by atoms with van der Waals surface area (Å²) in [4.78, 5) is 17.2. The Morgan fingerprint density at radius 3 is 3.00 bits per heavy atom. The standard InChI is InChI=1S/C17H16ClN3O3S/c1-10(23-13-5-3-4-12(18)8-13)17-20-16(21-24-17)15-7-6-14(25-15)9-19-11(2)22/h3-8,10H,9H2,1-2H3,(H,19,22)/t10-/m0/s1. The molecule has 0 aliphatic carbocycles. The average Bonchev–Trinajstić information content (AvgIpc) is 3.22. The molecule has 6 nitrogen and oxygen atoms in total. The van der Waals surface area contributed by atoms with Gasteiger partial charge in [-0.05, 0) is 37.3 Å². The number of nitrogens with one attached hydrogen (secondary N) is 1. The molecule has 0 saturated carbocycles. The summed E-state index contributed by atoms with van der Waals surface area (Å²) >= 11 is 7.45. The lowest BCUT2D eigenvalue weighted by Crippen LogP contribution is -2.17. The van der Waals surface area contributed by atoms with E-state index in [1.807, 2.05) is 31.2 Å². The number of thiophene rings is 1. The highest BCUT2D eigenvalue weighted by Gasteiger charge is 2.18. The van der Waals surface area contributed by atoms with Crippen molar-refractivity contribution in [3.05, 3.63) is 52.2 Å². The number of rotatable bonds is 6. The lowest BCUT2D eigenvalue weighted by molar-refractivity contribution is -0.119. The predicted molar refractivity (Wildman–Crippen MR) is 95.6 cm³/mol. The smallest absolute Gasteiger partial charge is 0.267 e. The predicted octanol–water partition coefficient (Wildman–Crippen LogP) is 4.23. The molecule has 1 atom stereocenters. The van der Waals surface area contributed by atoms with E-state index in [4.69, 9.17) is 20.9 Å². The zero-order valence-electron chi connectivity index (χ0n) is 13.7. The van der Waals surface area contributed by atoms with Crippen LogP contribution in [0.4, 0.5) is 0 Å². The van der Waals surface area contributed by atoms with Crippen LogP contribution < -0.4 is 10.1 Å². The van der Waals surface area contributed by atoms with Crippen LogP contribution >= 0.6 is 22.9 Å². The Labute approximate surface area is 153 Å². The van der Waals surface area contributed by atoms with Gasteiger partial charge in [0, 0.05) is 16.8 Å². The number of halogens is 1. The normalized spacial score (nSPS) is 12.0. The maximum Gasteiger partial charge on any atom is 0.267 e. The van der Waals surface area contributed by atoms with Gasteiger partial charge in [-0.2, -0.15) is 4.98 Å². The summed E-state index contributed by atoms with van der Waals surface area (Å²) < 4.78 is 11.1. The number of amides is 1. The summed E-state index contributed by atoms with van der Waals surface area (Å²) in [7, 11) is 0. The fraction of sp³-hybridized carbons (Fsp3) is 0.235. The Bertz CT molecular complexity index is 877. The maximum atomic E-state index is 11.0. The SMILES string of the molecule is CC(=O)NCc1ccc(-c2noc([C@H](C)Oc3cccc(Cl)c3)n2)s1. The fourth-order valence-electron chi connectivity index (χ4n) is 2.10. The third kappa shape index (κ3) is 4.58. The van der Waals surface area contributed by atoms with Gasteiger partial charge in [0.1, 0.15) is 5.75 Å². The van der Waals surface area contributed by atoms with Crippen molar-refractivity contribution in [2.24, 2.45) is 0 Å². The van der Waals surface area contributed by atoms with Gasteiger partial charge in [-0.1, -0.05) is 22.8 Å². The van der Waals surface area contributed by atoms with Crippen LogP contribution in [-0.4, -0.2) is 16.0 Å². The van der Waals surface area contributed by atoms with Gasteiger partial charge in [-0.3, -0.25) is 4.79 Å². The third-order valence-electron chi connectivity index (χ3n) is 3.29. The first kappa shape index (κ1) is 17.4. The van der Waals surface area contributed by atoms with Crippen molar-refractivity contribution in [1.29, 1.82) is 0 Å². The maximum absolute atomic E-state index is 11.0. The fourth-order valence-corrected chi connectivity index (χ4v) is 3.15. The van der Waals surface area contributed by atoms with Gasteiger partial charge in [0.2, 0.25) is 11.7 Å². The van der Waals surface area contributed by atoms with Gasteiger partial charge in [0.05, 0.1) is 11.4 Å². The van der Waals surface area contributed by atoms with E-state index >= 15 is 0 Å². The molecule has 0 radical (unpaired) electrons. The molecule has 0 spiro atoms. The summed E-state index contributed by atoms with van der Waals surface area (Å²) in [6.07, 6.45) is -0.404. The molecular weight excluding hydrogens is 362 g/mol. The van der Waals surface area contributed by atoms with Crippen molar-refractivity contribution >= 4 is 28.8 Å². The van der Waals surface area contributed by atoms with Crippen molar-refractivity contribution in [1.82, 2.24) is 15.5 Å². The first-order chi connectivity index (χ1) is 12.0. The second kappa shape index (κ2) is 7.67. The van der Waals surface area contributed by atoms with Gasteiger partial charge < -0.3 is 14.6 Å². The Kier molecular flexibility index (Phi) is 5.35. The van der Waals surface area contributed by atoms with Gasteiger partial charge in [-0.25, -0.2) is 0 Å². The number of ether oxygens (including phenoxy) is 1. The highest BCUT2D eigenvalue weighted by molar-refractivity contribution is 7.15. The van der Waals surface area contributed by atoms with Crippen molar-refractivity contribution in [3.63, 3.8) is 0 Å². The minimum Gasteiger partial charge on any atom is -0.481 e. The van der Waals surface area contributed by atoms with E-state index in [0.717, 1.165) is 9.75 Å². The van der Waals surface area contributed by atoms with Gasteiger partial charge in [-0.15, -0.1) is 11.3 Å². The highest BCUT2D eigenvalue weighted by Crippen LogP contribution is 2.28. The van der Waals surface area contributed by atoms with Gasteiger partial charge in [0.15, 0.2) is 6.10 Å². The number of hydrogen-bond donors (Lipinski definition) is 1. The Hall–Kier alpha value is -2.38. The Morgan fingerprint density at radius 2 is 2.24 bits per heavy atom. The summed E-state index contributed by atoms with van der Waals surface area (Å²) in [5, 5.41) is 7.36. The largest absolute Gasteiger partial charge is 0.481 e. The second-order valence-corrected chi connectivity index (χ2v) is 6.95. The molecule has 130 valence electrons. The first-order valence-electron chi connectivity index (χ1n) is 7.60. The summed E-state index contributed by atoms with van der Waals surface area (Å²) in [5.41, 5.74) is 0. The van der Waals surface area contributed by atoms with E-state index in [1.165, 1.54) is 18.3 Å². The van der Waals surface area contributed by atoms with E-state index in [1.54, 1.807) is 12.1 Å². The molecule has 0 fully saturated rings. The van der Waals surface area contributed by atoms with E-state index in [9.17, 15) is 4.79 Å². The number of aromatic nitrogens is 2. The van der Waals surface area contributed by atoms with Crippen LogP contribution in [0.3, 0.4) is 0 Å². The average molecular weight is 378 g/mol. The summed E-state index contributed by atoms with van der Waals surface area (Å²) in [5.74, 6) is 1.44. The summed E-state index contributed by atoms with van der Waals surface area (Å²) in [6, 6.07) is 11.0. The molecule has 2 aromatic heterocycles. The topological polar surface area (TPSA) is 77.2 Å². The molecule has 3 rings (SSSR count). The van der Waals surface area contributed by atoms with Crippen LogP contribution in [0.2, 0.25) is 5.02 Å². The molecule has 0 saturated heterocycles. The van der Waals surface area contributed by atoms with Crippen molar-refractivity contribution in [3.8, 4) is 16.5 Å². The monoisotopic (exact) mass is 377 g/mol. The van der Waals surface area contributed by atoms with Gasteiger partial charge >= 0.3 is 0 Å². The van der Waals surface area contributed by atoms with Crippen molar-refractivity contribution < 1.29 is 14.1 Å². The lowest BCUT2D eigenvalue weighted by atomic mass is 10.3. The quantitative estimate of drug-likeness (QED) is 0.695. The highest BCUT2D eigenvalue weighted by atomic mass is 35.5. The van der Waals surface area contributed by atoms with Gasteiger partial charge in [0.25, 0.3) is 5.89 Å². The Morgan fingerprint density at radius 1 is 1.40 bits per heavy atom. The van der Waals surface area contributed by atoms with Crippen LogP contribution in [0.15, 0.2) is 40.9 Å². The van der Waals surface area contributed by atoms with Crippen molar-refractivity contribution in [2.75, 3.05) is 0 Å². The molecule has 1 aromatic carbocycles. The second-order valence-electron chi connectivity index (χ2n) is 5.35. The molecule has 8 heteroatoms. The zero-order valence-corrected chi connectivity index (χ0v) is 15.2. The number of benzene rings is 1. The molecule has 0 unspecified atom stereocenters. The number of carbonyl (C=O) groups excluding carboxylic acids is 1. The van der Waals surface area contributed by atoms with E-state index in [-0.39, 0.29) is 5.91 Å². The molecule has 0 aliphatic rings. The van der Waals surface area contributed by atoms with Crippen LogP contribution in [0.1, 0.15) is 30.7 Å². The minimum absolute atomic E-state index is 0.0659. The number of carbonyl (C=O) groups is 1. The first-order valence-corrected chi connectivity index (χ1v) is 8.80. The van der Waals surface area contributed by atoms with Crippen LogP contribution in [0.5, 0.6) is 5.75 Å². The number of hydrogen-bond acceptors (Lipinski definition) is 6. The lowest BCUT2D eigenvalue weighted by Gasteiger charge is -2.10. The number of nitrogens with zero attached hydrogens (tertiary/aromatic N) is 2. The molecule has 1 amide bonds. The molecule has 2 heterocycles. The Balaban J connectivity index is 1.68. The van der Waals surface area contributed by atoms with Crippen LogP contribution in [-0.2, 0) is 11.3 Å². The molecular formula is C17H16ClN3O3S. The van der Waals surface area contributed by atoms with Crippen LogP contribution in [0.25, 0.3) is 10.7 Å². The molecule has 25 heavy (non-hydrogen) atoms. The third-order valence-corrected chi connectivity index (χ3v) is 4.61. The van der Waals surface area contributed by atoms with E-state index < -0.39 is 6.10 Å². The van der Waals surface area contributed by atoms with Crippen LogP contribution in [0, 0.1) is 0 Å². The van der Waals surface area contributed by atoms with E-state index in [2.05, 4.69) is 15.5 Å². The molecule has 0 aliphatic heterocycles. The van der Waals surface area contributed by atoms with Crippen molar-refractivity contribution in [2.45, 2.75) is 26.5 Å². The molecule has 1 N–H and O–H groups in total. The molecule has 0 bridgehead atoms. The van der Waals surface area contributed by atoms with E-state index in [0.29, 0.717) is 29.0 Å². The minimum atomic E-state index is -0.404. The summed E-state index contributed by atoms with van der Waals surface area (Å²) in [6.45, 7) is 3.80. The molecule has 3 aromatic rings.